The molecule has 0 radical (unpaired) electrons. The van der Waals surface area contributed by atoms with Crippen molar-refractivity contribution in [2.75, 3.05) is 6.54 Å². The summed E-state index contributed by atoms with van der Waals surface area (Å²) in [6, 6.07) is 11.1. The molecule has 2 N–H and O–H groups in total. The van der Waals surface area contributed by atoms with E-state index in [-0.39, 0.29) is 12.5 Å². The Kier molecular flexibility index (Phi) is 4.36. The van der Waals surface area contributed by atoms with E-state index in [4.69, 9.17) is 4.42 Å². The van der Waals surface area contributed by atoms with Crippen LogP contribution < -0.4 is 5.32 Å². The van der Waals surface area contributed by atoms with Crippen LogP contribution in [0.25, 0.3) is 0 Å². The van der Waals surface area contributed by atoms with E-state index < -0.39 is 6.10 Å². The number of aliphatic hydroxyl groups is 1. The summed E-state index contributed by atoms with van der Waals surface area (Å²) in [7, 11) is 0. The first-order valence-electron chi connectivity index (χ1n) is 6.19. The lowest BCUT2D eigenvalue weighted by Crippen LogP contribution is -2.29. The van der Waals surface area contributed by atoms with Crippen molar-refractivity contribution in [2.45, 2.75) is 19.4 Å². The van der Waals surface area contributed by atoms with Gasteiger partial charge in [0.1, 0.15) is 11.9 Å². The number of carbonyl (C=O) groups excluding carboxylic acids is 1. The molecule has 0 aliphatic heterocycles. The lowest BCUT2D eigenvalue weighted by Gasteiger charge is -2.10. The number of furan rings is 1. The molecule has 1 unspecified atom stereocenters. The van der Waals surface area contributed by atoms with Gasteiger partial charge in [-0.25, -0.2) is 0 Å². The SMILES string of the molecule is Cc1ccccc1CC(=O)NCC(O)c1ccco1. The third kappa shape index (κ3) is 3.69. The molecular formula is C15H17NO3. The van der Waals surface area contributed by atoms with E-state index in [2.05, 4.69) is 5.32 Å². The van der Waals surface area contributed by atoms with Crippen LogP contribution in [0.15, 0.2) is 47.1 Å². The summed E-state index contributed by atoms with van der Waals surface area (Å²) >= 11 is 0. The van der Waals surface area contributed by atoms with Crippen molar-refractivity contribution in [1.29, 1.82) is 0 Å². The molecule has 0 bridgehead atoms. The Bertz CT molecular complexity index is 534. The summed E-state index contributed by atoms with van der Waals surface area (Å²) in [4.78, 5) is 11.8. The standard InChI is InChI=1S/C15H17NO3/c1-11-5-2-3-6-12(11)9-15(18)16-10-13(17)14-7-4-8-19-14/h2-8,13,17H,9-10H2,1H3,(H,16,18). The molecule has 1 aromatic carbocycles. The van der Waals surface area contributed by atoms with E-state index in [9.17, 15) is 9.90 Å². The van der Waals surface area contributed by atoms with Crippen LogP contribution in [0.4, 0.5) is 0 Å². The Morgan fingerprint density at radius 1 is 1.32 bits per heavy atom. The molecule has 0 saturated heterocycles. The molecule has 1 amide bonds. The second-order valence-corrected chi connectivity index (χ2v) is 4.44. The maximum Gasteiger partial charge on any atom is 0.224 e. The summed E-state index contributed by atoms with van der Waals surface area (Å²) in [5.74, 6) is 0.344. The molecule has 0 fully saturated rings. The van der Waals surface area contributed by atoms with E-state index in [0.29, 0.717) is 12.2 Å². The van der Waals surface area contributed by atoms with Crippen molar-refractivity contribution < 1.29 is 14.3 Å². The molecule has 4 heteroatoms. The Hall–Kier alpha value is -2.07. The molecule has 19 heavy (non-hydrogen) atoms. The fourth-order valence-corrected chi connectivity index (χ4v) is 1.84. The molecule has 2 rings (SSSR count). The second-order valence-electron chi connectivity index (χ2n) is 4.44. The average molecular weight is 259 g/mol. The van der Waals surface area contributed by atoms with Gasteiger partial charge in [0.05, 0.1) is 19.2 Å². The van der Waals surface area contributed by atoms with E-state index in [1.54, 1.807) is 12.1 Å². The first kappa shape index (κ1) is 13.4. The maximum absolute atomic E-state index is 11.8. The lowest BCUT2D eigenvalue weighted by atomic mass is 10.1. The van der Waals surface area contributed by atoms with Gasteiger partial charge in [0.25, 0.3) is 0 Å². The number of benzene rings is 1. The van der Waals surface area contributed by atoms with Gasteiger partial charge in [-0.2, -0.15) is 0 Å². The van der Waals surface area contributed by atoms with Gasteiger partial charge in [0.15, 0.2) is 0 Å². The fourth-order valence-electron chi connectivity index (χ4n) is 1.84. The van der Waals surface area contributed by atoms with Gasteiger partial charge in [-0.3, -0.25) is 4.79 Å². The van der Waals surface area contributed by atoms with E-state index >= 15 is 0 Å². The Morgan fingerprint density at radius 2 is 2.11 bits per heavy atom. The minimum Gasteiger partial charge on any atom is -0.467 e. The van der Waals surface area contributed by atoms with Crippen LogP contribution in [0.3, 0.4) is 0 Å². The van der Waals surface area contributed by atoms with Gasteiger partial charge in [-0.1, -0.05) is 24.3 Å². The minimum atomic E-state index is -0.809. The zero-order chi connectivity index (χ0) is 13.7. The van der Waals surface area contributed by atoms with Crippen molar-refractivity contribution >= 4 is 5.91 Å². The van der Waals surface area contributed by atoms with Crippen LogP contribution in [0.5, 0.6) is 0 Å². The molecular weight excluding hydrogens is 242 g/mol. The number of carbonyl (C=O) groups is 1. The van der Waals surface area contributed by atoms with Crippen LogP contribution in [-0.4, -0.2) is 17.6 Å². The summed E-state index contributed by atoms with van der Waals surface area (Å²) in [5, 5.41) is 12.5. The van der Waals surface area contributed by atoms with E-state index in [0.717, 1.165) is 11.1 Å². The van der Waals surface area contributed by atoms with Crippen LogP contribution in [-0.2, 0) is 11.2 Å². The highest BCUT2D eigenvalue weighted by atomic mass is 16.4. The topological polar surface area (TPSA) is 62.5 Å². The zero-order valence-electron chi connectivity index (χ0n) is 10.8. The van der Waals surface area contributed by atoms with Gasteiger partial charge >= 0.3 is 0 Å². The van der Waals surface area contributed by atoms with Gasteiger partial charge in [0.2, 0.25) is 5.91 Å². The molecule has 100 valence electrons. The molecule has 0 spiro atoms. The first-order valence-corrected chi connectivity index (χ1v) is 6.19. The molecule has 4 nitrogen and oxygen atoms in total. The number of hydrogen-bond donors (Lipinski definition) is 2. The van der Waals surface area contributed by atoms with Gasteiger partial charge in [0, 0.05) is 0 Å². The molecule has 1 atom stereocenters. The largest absolute Gasteiger partial charge is 0.467 e. The smallest absolute Gasteiger partial charge is 0.224 e. The second kappa shape index (κ2) is 6.20. The van der Waals surface area contributed by atoms with Crippen molar-refractivity contribution in [3.05, 3.63) is 59.5 Å². The van der Waals surface area contributed by atoms with Crippen LogP contribution in [0.1, 0.15) is 23.0 Å². The number of aryl methyl sites for hydroxylation is 1. The Labute approximate surface area is 112 Å². The highest BCUT2D eigenvalue weighted by molar-refractivity contribution is 5.78. The highest BCUT2D eigenvalue weighted by Crippen LogP contribution is 2.12. The molecule has 0 aliphatic carbocycles. The molecule has 0 aliphatic rings. The van der Waals surface area contributed by atoms with Gasteiger partial charge in [-0.15, -0.1) is 0 Å². The predicted molar refractivity (Wildman–Crippen MR) is 71.6 cm³/mol. The molecule has 0 saturated carbocycles. The van der Waals surface area contributed by atoms with E-state index in [1.165, 1.54) is 6.26 Å². The predicted octanol–water partition coefficient (Wildman–Crippen LogP) is 1.98. The molecule has 1 heterocycles. The summed E-state index contributed by atoms with van der Waals surface area (Å²) < 4.78 is 5.06. The molecule has 1 aromatic heterocycles. The van der Waals surface area contributed by atoms with Crippen molar-refractivity contribution in [2.24, 2.45) is 0 Å². The monoisotopic (exact) mass is 259 g/mol. The number of rotatable bonds is 5. The lowest BCUT2D eigenvalue weighted by molar-refractivity contribution is -0.120. The Morgan fingerprint density at radius 3 is 2.79 bits per heavy atom. The normalized spacial score (nSPS) is 12.1. The highest BCUT2D eigenvalue weighted by Gasteiger charge is 2.12. The number of amides is 1. The number of hydrogen-bond acceptors (Lipinski definition) is 3. The van der Waals surface area contributed by atoms with Crippen molar-refractivity contribution in [3.63, 3.8) is 0 Å². The molecule has 2 aromatic rings. The number of aliphatic hydroxyl groups excluding tert-OH is 1. The zero-order valence-corrected chi connectivity index (χ0v) is 10.8. The third-order valence-corrected chi connectivity index (χ3v) is 2.98. The van der Waals surface area contributed by atoms with Crippen molar-refractivity contribution in [1.82, 2.24) is 5.32 Å². The number of nitrogens with one attached hydrogen (secondary N) is 1. The third-order valence-electron chi connectivity index (χ3n) is 2.98. The quantitative estimate of drug-likeness (QED) is 0.863. The van der Waals surface area contributed by atoms with Crippen LogP contribution in [0.2, 0.25) is 0 Å². The first-order chi connectivity index (χ1) is 9.16. The van der Waals surface area contributed by atoms with Crippen LogP contribution in [0, 0.1) is 6.92 Å². The minimum absolute atomic E-state index is 0.111. The van der Waals surface area contributed by atoms with Gasteiger partial charge < -0.3 is 14.8 Å². The van der Waals surface area contributed by atoms with E-state index in [1.807, 2.05) is 31.2 Å². The summed E-state index contributed by atoms with van der Waals surface area (Å²) in [6.45, 7) is 2.12. The van der Waals surface area contributed by atoms with Gasteiger partial charge in [-0.05, 0) is 30.2 Å². The maximum atomic E-state index is 11.8. The van der Waals surface area contributed by atoms with Crippen molar-refractivity contribution in [3.8, 4) is 0 Å². The Balaban J connectivity index is 1.84. The summed E-state index contributed by atoms with van der Waals surface area (Å²) in [6.07, 6.45) is 1.00. The fraction of sp³-hybridized carbons (Fsp3) is 0.267. The summed E-state index contributed by atoms with van der Waals surface area (Å²) in [5.41, 5.74) is 2.08. The van der Waals surface area contributed by atoms with Crippen LogP contribution >= 0.6 is 0 Å². The average Bonchev–Trinajstić information content (AvgIpc) is 2.93.